The fraction of sp³-hybridized carbons (Fsp3) is 0.357. The van der Waals surface area contributed by atoms with Crippen LogP contribution in [0.2, 0.25) is 5.02 Å². The monoisotopic (exact) mass is 508 g/mol. The van der Waals surface area contributed by atoms with Crippen molar-refractivity contribution in [2.24, 2.45) is 5.92 Å². The Morgan fingerprint density at radius 2 is 1.83 bits per heavy atom. The molecular weight excluding hydrogens is 480 g/mol. The fourth-order valence-electron chi connectivity index (χ4n) is 5.34. The number of aromatic nitrogens is 1. The summed E-state index contributed by atoms with van der Waals surface area (Å²) < 4.78 is 14.5. The number of para-hydroxylation sites is 1. The molecule has 188 valence electrons. The van der Waals surface area contributed by atoms with E-state index in [4.69, 9.17) is 26.2 Å². The second kappa shape index (κ2) is 10.4. The van der Waals surface area contributed by atoms with Crippen LogP contribution in [0.15, 0.2) is 60.8 Å². The van der Waals surface area contributed by atoms with Crippen LogP contribution in [-0.2, 0) is 14.3 Å². The van der Waals surface area contributed by atoms with Crippen molar-refractivity contribution < 1.29 is 24.2 Å². The first-order valence-corrected chi connectivity index (χ1v) is 12.6. The van der Waals surface area contributed by atoms with E-state index >= 15 is 0 Å². The number of rotatable bonds is 6. The Morgan fingerprint density at radius 3 is 2.58 bits per heavy atom. The summed E-state index contributed by atoms with van der Waals surface area (Å²) in [5.41, 5.74) is 3.60. The van der Waals surface area contributed by atoms with Crippen molar-refractivity contribution in [3.63, 3.8) is 0 Å². The Kier molecular flexibility index (Phi) is 7.03. The number of ether oxygens (including phenoxy) is 2. The molecule has 2 atom stereocenters. The van der Waals surface area contributed by atoms with Gasteiger partial charge in [0.25, 0.3) is 0 Å². The Labute approximate surface area is 215 Å². The van der Waals surface area contributed by atoms with Crippen LogP contribution in [0.5, 0.6) is 5.75 Å². The van der Waals surface area contributed by atoms with Crippen molar-refractivity contribution in [2.45, 2.75) is 37.9 Å². The number of carboxylic acids is 1. The highest BCUT2D eigenvalue weighted by Crippen LogP contribution is 2.44. The normalized spacial score (nSPS) is 19.8. The largest absolute Gasteiger partial charge is 0.496 e. The van der Waals surface area contributed by atoms with Gasteiger partial charge in [0, 0.05) is 41.9 Å². The molecule has 5 rings (SSSR count). The predicted octanol–water partition coefficient (Wildman–Crippen LogP) is 5.40. The van der Waals surface area contributed by atoms with Crippen LogP contribution in [0.3, 0.4) is 0 Å². The van der Waals surface area contributed by atoms with Crippen molar-refractivity contribution in [3.8, 4) is 11.4 Å². The van der Waals surface area contributed by atoms with E-state index in [1.807, 2.05) is 65.7 Å². The average molecular weight is 509 g/mol. The highest BCUT2D eigenvalue weighted by molar-refractivity contribution is 6.30. The quantitative estimate of drug-likeness (QED) is 0.482. The number of amides is 1. The van der Waals surface area contributed by atoms with Gasteiger partial charge in [0.05, 0.1) is 24.9 Å². The second-order valence-corrected chi connectivity index (χ2v) is 9.82. The third-order valence-corrected chi connectivity index (χ3v) is 7.39. The first-order chi connectivity index (χ1) is 17.4. The molecule has 0 saturated carbocycles. The predicted molar refractivity (Wildman–Crippen MR) is 136 cm³/mol. The van der Waals surface area contributed by atoms with Crippen LogP contribution in [0.1, 0.15) is 54.7 Å². The summed E-state index contributed by atoms with van der Waals surface area (Å²) in [6, 6.07) is 17.4. The number of carbonyl (C=O) groups excluding carboxylic acids is 1. The van der Waals surface area contributed by atoms with Crippen molar-refractivity contribution in [2.75, 3.05) is 20.2 Å². The van der Waals surface area contributed by atoms with Gasteiger partial charge in [0.15, 0.2) is 0 Å². The summed E-state index contributed by atoms with van der Waals surface area (Å²) in [7, 11) is 1.63. The van der Waals surface area contributed by atoms with Gasteiger partial charge in [-0.15, -0.1) is 0 Å². The van der Waals surface area contributed by atoms with Gasteiger partial charge in [-0.25, -0.2) is 0 Å². The van der Waals surface area contributed by atoms with E-state index in [0.29, 0.717) is 36.7 Å². The molecule has 7 nitrogen and oxygen atoms in total. The molecule has 2 aromatic carbocycles. The Bertz CT molecular complexity index is 1260. The third-order valence-electron chi connectivity index (χ3n) is 7.15. The second-order valence-electron chi connectivity index (χ2n) is 9.38. The van der Waals surface area contributed by atoms with Gasteiger partial charge in [-0.1, -0.05) is 29.8 Å². The summed E-state index contributed by atoms with van der Waals surface area (Å²) in [4.78, 5) is 26.3. The number of fused-ring (bicyclic) bond motifs is 3. The minimum atomic E-state index is -0.783. The number of halogens is 1. The molecule has 1 aromatic heterocycles. The molecule has 36 heavy (non-hydrogen) atoms. The highest BCUT2D eigenvalue weighted by atomic mass is 35.5. The molecule has 1 fully saturated rings. The minimum absolute atomic E-state index is 0.00397. The zero-order chi connectivity index (χ0) is 25.2. The maximum Gasteiger partial charge on any atom is 0.303 e. The number of aliphatic carboxylic acids is 1. The zero-order valence-electron chi connectivity index (χ0n) is 20.1. The van der Waals surface area contributed by atoms with E-state index in [0.717, 1.165) is 22.5 Å². The Hall–Kier alpha value is -3.29. The lowest BCUT2D eigenvalue weighted by Gasteiger charge is -2.32. The van der Waals surface area contributed by atoms with Crippen LogP contribution < -0.4 is 4.74 Å². The molecule has 8 heteroatoms. The number of piperidine rings is 1. The van der Waals surface area contributed by atoms with Gasteiger partial charge in [0.1, 0.15) is 18.0 Å². The standard InChI is InChI=1S/C28H29ClN2O5/c1-35-24-7-3-2-5-20(24)28-21-16-19(29)8-9-22(21)31-12-4-6-23(31)25(36-28)17-26(32)30-13-10-18(11-14-30)15-27(33)34/h2-9,12,16,18,25,28H,10-11,13-15,17H2,1H3,(H,33,34)/t25-,28-/m1/s1. The first-order valence-electron chi connectivity index (χ1n) is 12.2. The number of carboxylic acid groups (broad SMARTS) is 1. The van der Waals surface area contributed by atoms with Crippen LogP contribution in [0.25, 0.3) is 5.69 Å². The van der Waals surface area contributed by atoms with E-state index in [2.05, 4.69) is 4.57 Å². The summed E-state index contributed by atoms with van der Waals surface area (Å²) in [5.74, 6) is 0.0383. The van der Waals surface area contributed by atoms with Crippen LogP contribution >= 0.6 is 11.6 Å². The molecule has 1 amide bonds. The zero-order valence-corrected chi connectivity index (χ0v) is 20.9. The van der Waals surface area contributed by atoms with Crippen molar-refractivity contribution in [1.29, 1.82) is 0 Å². The lowest BCUT2D eigenvalue weighted by Crippen LogP contribution is -2.39. The van der Waals surface area contributed by atoms with Crippen molar-refractivity contribution in [1.82, 2.24) is 9.47 Å². The maximum absolute atomic E-state index is 13.4. The summed E-state index contributed by atoms with van der Waals surface area (Å²) in [6.45, 7) is 1.13. The molecule has 2 aliphatic heterocycles. The van der Waals surface area contributed by atoms with Gasteiger partial charge in [0.2, 0.25) is 5.91 Å². The van der Waals surface area contributed by atoms with Gasteiger partial charge >= 0.3 is 5.97 Å². The Balaban J connectivity index is 1.46. The molecule has 1 N–H and O–H groups in total. The molecular formula is C28H29ClN2O5. The first kappa shape index (κ1) is 24.4. The number of hydrogen-bond acceptors (Lipinski definition) is 4. The summed E-state index contributed by atoms with van der Waals surface area (Å²) >= 11 is 6.43. The van der Waals surface area contributed by atoms with Crippen molar-refractivity contribution in [3.05, 3.63) is 82.6 Å². The Morgan fingerprint density at radius 1 is 1.06 bits per heavy atom. The molecule has 0 radical (unpaired) electrons. The minimum Gasteiger partial charge on any atom is -0.496 e. The lowest BCUT2D eigenvalue weighted by molar-refractivity contribution is -0.139. The number of carbonyl (C=O) groups is 2. The molecule has 0 aliphatic carbocycles. The van der Waals surface area contributed by atoms with E-state index in [-0.39, 0.29) is 24.7 Å². The van der Waals surface area contributed by atoms with Crippen LogP contribution in [-0.4, -0.2) is 46.6 Å². The number of benzene rings is 2. The smallest absolute Gasteiger partial charge is 0.303 e. The number of methoxy groups -OCH3 is 1. The summed E-state index contributed by atoms with van der Waals surface area (Å²) in [5, 5.41) is 9.69. The van der Waals surface area contributed by atoms with E-state index < -0.39 is 18.2 Å². The maximum atomic E-state index is 13.4. The van der Waals surface area contributed by atoms with Crippen LogP contribution in [0.4, 0.5) is 0 Å². The summed E-state index contributed by atoms with van der Waals surface area (Å²) in [6.07, 6.45) is 2.73. The number of hydrogen-bond donors (Lipinski definition) is 1. The molecule has 0 spiro atoms. The van der Waals surface area contributed by atoms with Gasteiger partial charge in [-0.05, 0) is 55.2 Å². The average Bonchev–Trinajstić information content (AvgIpc) is 3.32. The van der Waals surface area contributed by atoms with E-state index in [1.165, 1.54) is 0 Å². The van der Waals surface area contributed by atoms with Gasteiger partial charge in [-0.2, -0.15) is 0 Å². The number of likely N-dealkylation sites (tertiary alicyclic amines) is 1. The molecule has 2 aliphatic rings. The molecule has 3 heterocycles. The SMILES string of the molecule is COc1ccccc1[C@H]1O[C@H](CC(=O)N2CCC(CC(=O)O)CC2)c2cccn2-c2ccc(Cl)cc21. The van der Waals surface area contributed by atoms with E-state index in [1.54, 1.807) is 7.11 Å². The molecule has 1 saturated heterocycles. The molecule has 3 aromatic rings. The molecule has 0 unspecified atom stereocenters. The third kappa shape index (κ3) is 4.86. The lowest BCUT2D eigenvalue weighted by atomic mass is 9.93. The van der Waals surface area contributed by atoms with Gasteiger partial charge in [-0.3, -0.25) is 9.59 Å². The van der Waals surface area contributed by atoms with E-state index in [9.17, 15) is 9.59 Å². The van der Waals surface area contributed by atoms with Gasteiger partial charge < -0.3 is 24.0 Å². The van der Waals surface area contributed by atoms with Crippen LogP contribution in [0, 0.1) is 5.92 Å². The highest BCUT2D eigenvalue weighted by Gasteiger charge is 2.34. The molecule has 0 bridgehead atoms. The topological polar surface area (TPSA) is 81.0 Å². The van der Waals surface area contributed by atoms with Crippen molar-refractivity contribution >= 4 is 23.5 Å². The number of nitrogens with zero attached hydrogens (tertiary/aromatic N) is 2. The fourth-order valence-corrected chi connectivity index (χ4v) is 5.52.